The van der Waals surface area contributed by atoms with Gasteiger partial charge in [-0.2, -0.15) is 13.2 Å². The average Bonchev–Trinajstić information content (AvgIpc) is 2.54. The number of non-ortho nitro benzene ring substituents is 1. The van der Waals surface area contributed by atoms with Crippen LogP contribution in [0.5, 0.6) is 0 Å². The highest BCUT2D eigenvalue weighted by Gasteiger charge is 2.30. The van der Waals surface area contributed by atoms with Gasteiger partial charge in [0.25, 0.3) is 11.6 Å². The Kier molecular flexibility index (Phi) is 4.87. The first kappa shape index (κ1) is 17.5. The van der Waals surface area contributed by atoms with Crippen LogP contribution in [0.25, 0.3) is 0 Å². The predicted molar refractivity (Wildman–Crippen MR) is 80.4 cm³/mol. The zero-order valence-electron chi connectivity index (χ0n) is 12.5. The number of benzene rings is 2. The smallest absolute Gasteiger partial charge is 0.346 e. The van der Waals surface area contributed by atoms with Crippen molar-refractivity contribution in [2.45, 2.75) is 19.1 Å². The van der Waals surface area contributed by atoms with Crippen molar-refractivity contribution in [3.05, 3.63) is 75.3 Å². The first-order chi connectivity index (χ1) is 11.2. The molecule has 8 heteroatoms. The summed E-state index contributed by atoms with van der Waals surface area (Å²) < 4.78 is 37.6. The van der Waals surface area contributed by atoms with Gasteiger partial charge < -0.3 is 5.32 Å². The van der Waals surface area contributed by atoms with E-state index >= 15 is 0 Å². The quantitative estimate of drug-likeness (QED) is 0.674. The van der Waals surface area contributed by atoms with E-state index in [-0.39, 0.29) is 11.3 Å². The standard InChI is InChI=1S/C16H13F3N2O3/c1-10(11-2-6-13(7-3-11)16(17,18)19)20-15(22)12-4-8-14(9-5-12)21(23)24/h2-10H,1H3,(H,20,22)/t10-/m1/s1. The number of carbonyl (C=O) groups is 1. The summed E-state index contributed by atoms with van der Waals surface area (Å²) in [6, 6.07) is 9.01. The molecule has 24 heavy (non-hydrogen) atoms. The van der Waals surface area contributed by atoms with Gasteiger partial charge in [0.1, 0.15) is 0 Å². The Labute approximate surface area is 135 Å². The molecule has 1 atom stereocenters. The summed E-state index contributed by atoms with van der Waals surface area (Å²) in [5.74, 6) is -0.475. The Morgan fingerprint density at radius 1 is 1.08 bits per heavy atom. The molecule has 0 aliphatic rings. The molecule has 2 aromatic rings. The minimum atomic E-state index is -4.41. The number of nitrogens with zero attached hydrogens (tertiary/aromatic N) is 1. The molecule has 0 spiro atoms. The lowest BCUT2D eigenvalue weighted by molar-refractivity contribution is -0.384. The molecule has 0 radical (unpaired) electrons. The van der Waals surface area contributed by atoms with Crippen LogP contribution in [0, 0.1) is 10.1 Å². The van der Waals surface area contributed by atoms with E-state index in [0.717, 1.165) is 12.1 Å². The fraction of sp³-hybridized carbons (Fsp3) is 0.188. The number of nitro benzene ring substituents is 1. The molecule has 0 aromatic heterocycles. The molecule has 0 bridgehead atoms. The molecule has 5 nitrogen and oxygen atoms in total. The van der Waals surface area contributed by atoms with E-state index < -0.39 is 28.6 Å². The SMILES string of the molecule is C[C@@H](NC(=O)c1ccc([N+](=O)[O-])cc1)c1ccc(C(F)(F)F)cc1. The molecule has 0 heterocycles. The van der Waals surface area contributed by atoms with E-state index in [1.807, 2.05) is 0 Å². The maximum absolute atomic E-state index is 12.5. The van der Waals surface area contributed by atoms with E-state index in [0.29, 0.717) is 5.56 Å². The lowest BCUT2D eigenvalue weighted by Crippen LogP contribution is -2.26. The minimum absolute atomic E-state index is 0.137. The first-order valence-electron chi connectivity index (χ1n) is 6.91. The summed E-state index contributed by atoms with van der Waals surface area (Å²) in [6.07, 6.45) is -4.41. The van der Waals surface area contributed by atoms with E-state index in [1.165, 1.54) is 36.4 Å². The normalized spacial score (nSPS) is 12.5. The third kappa shape index (κ3) is 4.09. The number of nitro groups is 1. The van der Waals surface area contributed by atoms with E-state index in [2.05, 4.69) is 5.32 Å². The number of rotatable bonds is 4. The molecule has 1 amide bonds. The number of amides is 1. The molecule has 0 saturated carbocycles. The van der Waals surface area contributed by atoms with E-state index in [4.69, 9.17) is 0 Å². The summed E-state index contributed by atoms with van der Waals surface area (Å²) in [4.78, 5) is 22.1. The maximum atomic E-state index is 12.5. The van der Waals surface area contributed by atoms with Crippen LogP contribution in [-0.2, 0) is 6.18 Å². The number of hydrogen-bond acceptors (Lipinski definition) is 3. The zero-order valence-corrected chi connectivity index (χ0v) is 12.5. The van der Waals surface area contributed by atoms with E-state index in [9.17, 15) is 28.1 Å². The number of halogens is 3. The van der Waals surface area contributed by atoms with Gasteiger partial charge in [-0.3, -0.25) is 14.9 Å². The third-order valence-electron chi connectivity index (χ3n) is 3.43. The van der Waals surface area contributed by atoms with Gasteiger partial charge in [-0.15, -0.1) is 0 Å². The van der Waals surface area contributed by atoms with Crippen molar-refractivity contribution in [1.82, 2.24) is 5.32 Å². The van der Waals surface area contributed by atoms with Crippen LogP contribution in [0.4, 0.5) is 18.9 Å². The fourth-order valence-electron chi connectivity index (χ4n) is 2.06. The van der Waals surface area contributed by atoms with Gasteiger partial charge >= 0.3 is 6.18 Å². The van der Waals surface area contributed by atoms with Crippen molar-refractivity contribution in [3.63, 3.8) is 0 Å². The highest BCUT2D eigenvalue weighted by atomic mass is 19.4. The summed E-state index contributed by atoms with van der Waals surface area (Å²) >= 11 is 0. The molecular formula is C16H13F3N2O3. The van der Waals surface area contributed by atoms with Gasteiger partial charge in [0.15, 0.2) is 0 Å². The Morgan fingerprint density at radius 2 is 1.62 bits per heavy atom. The van der Waals surface area contributed by atoms with Crippen LogP contribution >= 0.6 is 0 Å². The lowest BCUT2D eigenvalue weighted by atomic mass is 10.1. The zero-order chi connectivity index (χ0) is 17.9. The fourth-order valence-corrected chi connectivity index (χ4v) is 2.06. The average molecular weight is 338 g/mol. The van der Waals surface area contributed by atoms with Gasteiger partial charge in [-0.05, 0) is 36.8 Å². The second-order valence-electron chi connectivity index (χ2n) is 5.12. The molecule has 2 aromatic carbocycles. The second kappa shape index (κ2) is 6.69. The van der Waals surface area contributed by atoms with Crippen molar-refractivity contribution in [3.8, 4) is 0 Å². The van der Waals surface area contributed by atoms with Gasteiger partial charge in [0.2, 0.25) is 0 Å². The number of carbonyl (C=O) groups excluding carboxylic acids is 1. The minimum Gasteiger partial charge on any atom is -0.346 e. The van der Waals surface area contributed by atoms with Crippen LogP contribution in [0.1, 0.15) is 34.5 Å². The topological polar surface area (TPSA) is 72.2 Å². The number of alkyl halides is 3. The van der Waals surface area contributed by atoms with Gasteiger partial charge in [0.05, 0.1) is 16.5 Å². The lowest BCUT2D eigenvalue weighted by Gasteiger charge is -2.15. The van der Waals surface area contributed by atoms with Crippen molar-refractivity contribution in [1.29, 1.82) is 0 Å². The summed E-state index contributed by atoms with van der Waals surface area (Å²) in [5, 5.41) is 13.2. The Bertz CT molecular complexity index is 741. The Balaban J connectivity index is 2.07. The van der Waals surface area contributed by atoms with Gasteiger partial charge in [0, 0.05) is 17.7 Å². The van der Waals surface area contributed by atoms with Crippen molar-refractivity contribution >= 4 is 11.6 Å². The summed E-state index contributed by atoms with van der Waals surface area (Å²) in [5.41, 5.74) is -0.167. The Hall–Kier alpha value is -2.90. The molecular weight excluding hydrogens is 325 g/mol. The van der Waals surface area contributed by atoms with Crippen LogP contribution in [0.3, 0.4) is 0 Å². The molecule has 0 aliphatic carbocycles. The first-order valence-corrected chi connectivity index (χ1v) is 6.91. The number of hydrogen-bond donors (Lipinski definition) is 1. The Morgan fingerprint density at radius 3 is 2.08 bits per heavy atom. The van der Waals surface area contributed by atoms with E-state index in [1.54, 1.807) is 6.92 Å². The molecule has 2 rings (SSSR count). The molecule has 0 saturated heterocycles. The monoisotopic (exact) mass is 338 g/mol. The number of nitrogens with one attached hydrogen (secondary N) is 1. The summed E-state index contributed by atoms with van der Waals surface area (Å²) in [6.45, 7) is 1.63. The van der Waals surface area contributed by atoms with Gasteiger partial charge in [-0.25, -0.2) is 0 Å². The molecule has 0 unspecified atom stereocenters. The molecule has 126 valence electrons. The van der Waals surface area contributed by atoms with Crippen LogP contribution in [0.2, 0.25) is 0 Å². The molecule has 0 fully saturated rings. The van der Waals surface area contributed by atoms with Gasteiger partial charge in [-0.1, -0.05) is 12.1 Å². The maximum Gasteiger partial charge on any atom is 0.416 e. The third-order valence-corrected chi connectivity index (χ3v) is 3.43. The largest absolute Gasteiger partial charge is 0.416 e. The van der Waals surface area contributed by atoms with Crippen molar-refractivity contribution < 1.29 is 22.9 Å². The molecule has 1 N–H and O–H groups in total. The molecule has 0 aliphatic heterocycles. The second-order valence-corrected chi connectivity index (χ2v) is 5.12. The van der Waals surface area contributed by atoms with Crippen molar-refractivity contribution in [2.75, 3.05) is 0 Å². The highest BCUT2D eigenvalue weighted by molar-refractivity contribution is 5.94. The summed E-state index contributed by atoms with van der Waals surface area (Å²) in [7, 11) is 0. The van der Waals surface area contributed by atoms with Crippen LogP contribution in [0.15, 0.2) is 48.5 Å². The highest BCUT2D eigenvalue weighted by Crippen LogP contribution is 2.29. The van der Waals surface area contributed by atoms with Crippen LogP contribution < -0.4 is 5.32 Å². The van der Waals surface area contributed by atoms with Crippen LogP contribution in [-0.4, -0.2) is 10.8 Å². The predicted octanol–water partition coefficient (Wildman–Crippen LogP) is 4.10. The van der Waals surface area contributed by atoms with Crippen molar-refractivity contribution in [2.24, 2.45) is 0 Å².